The third-order valence-electron chi connectivity index (χ3n) is 6.37. The molecule has 0 spiro atoms. The molecule has 5 heteroatoms. The summed E-state index contributed by atoms with van der Waals surface area (Å²) in [4.78, 5) is 25.8. The summed E-state index contributed by atoms with van der Waals surface area (Å²) >= 11 is 0. The van der Waals surface area contributed by atoms with Gasteiger partial charge in [0.1, 0.15) is 5.82 Å². The third-order valence-corrected chi connectivity index (χ3v) is 6.37. The van der Waals surface area contributed by atoms with Gasteiger partial charge in [0.2, 0.25) is 5.91 Å². The zero-order valence-electron chi connectivity index (χ0n) is 17.2. The van der Waals surface area contributed by atoms with Gasteiger partial charge in [-0.1, -0.05) is 12.2 Å². The van der Waals surface area contributed by atoms with Crippen LogP contribution in [0.3, 0.4) is 0 Å². The molecule has 1 amide bonds. The second-order valence-electron chi connectivity index (χ2n) is 8.40. The van der Waals surface area contributed by atoms with E-state index in [9.17, 15) is 4.79 Å². The highest BCUT2D eigenvalue weighted by Gasteiger charge is 2.27. The molecule has 5 nitrogen and oxygen atoms in total. The molecule has 1 saturated carbocycles. The van der Waals surface area contributed by atoms with Crippen LogP contribution in [0.2, 0.25) is 0 Å². The topological polar surface area (TPSA) is 67.8 Å². The fourth-order valence-electron chi connectivity index (χ4n) is 4.61. The summed E-state index contributed by atoms with van der Waals surface area (Å²) in [6.45, 7) is 2.77. The van der Waals surface area contributed by atoms with Crippen molar-refractivity contribution < 1.29 is 4.79 Å². The molecule has 4 rings (SSSR count). The molecule has 2 aromatic heterocycles. The van der Waals surface area contributed by atoms with Crippen LogP contribution in [0.25, 0.3) is 11.1 Å². The van der Waals surface area contributed by atoms with Crippen LogP contribution < -0.4 is 5.32 Å². The van der Waals surface area contributed by atoms with E-state index in [1.54, 1.807) is 0 Å². The van der Waals surface area contributed by atoms with E-state index in [-0.39, 0.29) is 11.8 Å². The van der Waals surface area contributed by atoms with E-state index in [1.165, 1.54) is 5.69 Å². The molecule has 0 aliphatic heterocycles. The predicted octanol–water partition coefficient (Wildman–Crippen LogP) is 4.59. The normalized spacial score (nSPS) is 24.2. The number of aryl methyl sites for hydroxylation is 1. The Hall–Kier alpha value is -2.56. The number of hydrogen-bond acceptors (Lipinski definition) is 4. The highest BCUT2D eigenvalue weighted by molar-refractivity contribution is 5.79. The van der Waals surface area contributed by atoms with Crippen molar-refractivity contribution in [1.29, 1.82) is 0 Å². The Morgan fingerprint density at radius 1 is 1.10 bits per heavy atom. The summed E-state index contributed by atoms with van der Waals surface area (Å²) in [5.74, 6) is 2.26. The quantitative estimate of drug-likeness (QED) is 0.758. The molecule has 0 bridgehead atoms. The van der Waals surface area contributed by atoms with Crippen LogP contribution in [-0.2, 0) is 4.79 Å². The van der Waals surface area contributed by atoms with Crippen molar-refractivity contribution in [3.8, 4) is 11.1 Å². The minimum Gasteiger partial charge on any atom is -0.356 e. The number of hydrogen-bond donors (Lipinski definition) is 1. The van der Waals surface area contributed by atoms with Gasteiger partial charge in [-0.3, -0.25) is 9.78 Å². The number of nitrogens with zero attached hydrogens (tertiary/aromatic N) is 3. The molecule has 1 fully saturated rings. The fraction of sp³-hybridized carbons (Fsp3) is 0.500. The number of carbonyl (C=O) groups excluding carboxylic acids is 1. The molecule has 2 aliphatic carbocycles. The lowest BCUT2D eigenvalue weighted by atomic mass is 9.79. The van der Waals surface area contributed by atoms with Crippen molar-refractivity contribution in [3.63, 3.8) is 0 Å². The largest absolute Gasteiger partial charge is 0.356 e. The molecular weight excluding hydrogens is 360 g/mol. The number of nitrogens with one attached hydrogen (secondary N) is 1. The number of carbonyl (C=O) groups is 1. The maximum Gasteiger partial charge on any atom is 0.223 e. The van der Waals surface area contributed by atoms with Crippen LogP contribution in [-0.4, -0.2) is 27.4 Å². The number of amides is 1. The van der Waals surface area contributed by atoms with Crippen LogP contribution >= 0.6 is 0 Å². The predicted molar refractivity (Wildman–Crippen MR) is 114 cm³/mol. The monoisotopic (exact) mass is 390 g/mol. The zero-order chi connectivity index (χ0) is 20.1. The summed E-state index contributed by atoms with van der Waals surface area (Å²) < 4.78 is 0. The van der Waals surface area contributed by atoms with Gasteiger partial charge in [-0.25, -0.2) is 9.97 Å². The lowest BCUT2D eigenvalue weighted by Crippen LogP contribution is -2.35. The molecule has 2 aliphatic rings. The van der Waals surface area contributed by atoms with Gasteiger partial charge in [-0.15, -0.1) is 0 Å². The Kier molecular flexibility index (Phi) is 6.33. The van der Waals surface area contributed by atoms with Gasteiger partial charge >= 0.3 is 0 Å². The summed E-state index contributed by atoms with van der Waals surface area (Å²) in [5, 5.41) is 3.22. The maximum absolute atomic E-state index is 12.4. The van der Waals surface area contributed by atoms with E-state index >= 15 is 0 Å². The van der Waals surface area contributed by atoms with Crippen molar-refractivity contribution in [2.24, 2.45) is 11.8 Å². The van der Waals surface area contributed by atoms with Gasteiger partial charge < -0.3 is 5.32 Å². The molecule has 0 saturated heterocycles. The Bertz CT molecular complexity index is 856. The lowest BCUT2D eigenvalue weighted by molar-refractivity contribution is -0.125. The first-order valence-electron chi connectivity index (χ1n) is 10.9. The molecule has 1 N–H and O–H groups in total. The van der Waals surface area contributed by atoms with Crippen LogP contribution in [0.5, 0.6) is 0 Å². The van der Waals surface area contributed by atoms with Gasteiger partial charge in [0, 0.05) is 42.5 Å². The minimum absolute atomic E-state index is 0.170. The first kappa shape index (κ1) is 19.7. The van der Waals surface area contributed by atoms with E-state index < -0.39 is 0 Å². The average molecular weight is 391 g/mol. The van der Waals surface area contributed by atoms with Gasteiger partial charge in [-0.2, -0.15) is 0 Å². The van der Waals surface area contributed by atoms with Crippen molar-refractivity contribution in [2.75, 3.05) is 6.54 Å². The fourth-order valence-corrected chi connectivity index (χ4v) is 4.61. The second kappa shape index (κ2) is 9.29. The van der Waals surface area contributed by atoms with Crippen LogP contribution in [0.4, 0.5) is 0 Å². The third kappa shape index (κ3) is 4.89. The second-order valence-corrected chi connectivity index (χ2v) is 8.40. The molecule has 2 aromatic rings. The van der Waals surface area contributed by atoms with Gasteiger partial charge in [0.15, 0.2) is 0 Å². The van der Waals surface area contributed by atoms with Crippen molar-refractivity contribution in [2.45, 2.75) is 57.8 Å². The maximum atomic E-state index is 12.4. The summed E-state index contributed by atoms with van der Waals surface area (Å²) in [6, 6.07) is 4.05. The highest BCUT2D eigenvalue weighted by atomic mass is 16.1. The van der Waals surface area contributed by atoms with Crippen LogP contribution in [0.1, 0.15) is 62.4 Å². The van der Waals surface area contributed by atoms with E-state index in [1.807, 2.05) is 37.6 Å². The summed E-state index contributed by atoms with van der Waals surface area (Å²) in [7, 11) is 0. The SMILES string of the molecule is Cc1ncc(-c2ccncc2)c(C2CCC(CNC(=O)[C@@H]3CC=CCC3)CC2)n1. The van der Waals surface area contributed by atoms with Crippen LogP contribution in [0.15, 0.2) is 42.9 Å². The lowest BCUT2D eigenvalue weighted by Gasteiger charge is -2.30. The number of pyridine rings is 1. The zero-order valence-corrected chi connectivity index (χ0v) is 17.2. The number of aromatic nitrogens is 3. The van der Waals surface area contributed by atoms with E-state index in [4.69, 9.17) is 4.98 Å². The van der Waals surface area contributed by atoms with E-state index in [0.29, 0.717) is 11.8 Å². The Morgan fingerprint density at radius 3 is 2.62 bits per heavy atom. The van der Waals surface area contributed by atoms with Gasteiger partial charge in [0.25, 0.3) is 0 Å². The van der Waals surface area contributed by atoms with Crippen molar-refractivity contribution in [1.82, 2.24) is 20.3 Å². The molecule has 152 valence electrons. The Balaban J connectivity index is 1.36. The standard InChI is InChI=1S/C24H30N4O/c1-17-26-16-22(19-11-13-25-14-12-19)23(28-17)20-9-7-18(8-10-20)15-27-24(29)21-5-3-2-4-6-21/h2-3,11-14,16,18,20-21H,4-10,15H2,1H3,(H,27,29)/t18?,20?,21-/m1/s1. The molecule has 2 heterocycles. The summed E-state index contributed by atoms with van der Waals surface area (Å²) in [6.07, 6.45) is 17.3. The van der Waals surface area contributed by atoms with Gasteiger partial charge in [0.05, 0.1) is 5.69 Å². The highest BCUT2D eigenvalue weighted by Crippen LogP contribution is 2.38. The Labute approximate surface area is 173 Å². The smallest absolute Gasteiger partial charge is 0.223 e. The van der Waals surface area contributed by atoms with Crippen molar-refractivity contribution >= 4 is 5.91 Å². The molecule has 0 radical (unpaired) electrons. The molecule has 0 aromatic carbocycles. The summed E-state index contributed by atoms with van der Waals surface area (Å²) in [5.41, 5.74) is 3.42. The number of allylic oxidation sites excluding steroid dienone is 2. The first-order chi connectivity index (χ1) is 14.2. The Morgan fingerprint density at radius 2 is 1.90 bits per heavy atom. The molecule has 1 atom stereocenters. The van der Waals surface area contributed by atoms with E-state index in [0.717, 1.165) is 68.4 Å². The average Bonchev–Trinajstić information content (AvgIpc) is 2.79. The minimum atomic E-state index is 0.170. The van der Waals surface area contributed by atoms with Gasteiger partial charge in [-0.05, 0) is 75.5 Å². The van der Waals surface area contributed by atoms with Crippen molar-refractivity contribution in [3.05, 3.63) is 54.4 Å². The molecular formula is C24H30N4O. The molecule has 0 unspecified atom stereocenters. The van der Waals surface area contributed by atoms with E-state index in [2.05, 4.69) is 27.4 Å². The first-order valence-corrected chi connectivity index (χ1v) is 10.9. The van der Waals surface area contributed by atoms with Crippen LogP contribution in [0, 0.1) is 18.8 Å². The molecule has 29 heavy (non-hydrogen) atoms. The number of rotatable bonds is 5.